The zero-order valence-electron chi connectivity index (χ0n) is 11.3. The summed E-state index contributed by atoms with van der Waals surface area (Å²) in [6, 6.07) is 10.2. The number of piperazine rings is 1. The van der Waals surface area contributed by atoms with Crippen LogP contribution in [0.4, 0.5) is 0 Å². The number of hydrogen-bond acceptors (Lipinski definition) is 3. The molecule has 0 atom stereocenters. The standard InChI is InChI=1S/C15H18N4O/c20-15(19-8-6-16-7-9-19)14-11-18(12-17-14)10-13-4-2-1-3-5-13/h1-5,11-12,16H,6-10H2. The Labute approximate surface area is 118 Å². The molecule has 2 aromatic rings. The molecule has 1 aliphatic rings. The minimum atomic E-state index is 0.0262. The van der Waals surface area contributed by atoms with Crippen molar-refractivity contribution in [3.63, 3.8) is 0 Å². The lowest BCUT2D eigenvalue weighted by molar-refractivity contribution is 0.0730. The zero-order valence-corrected chi connectivity index (χ0v) is 11.3. The van der Waals surface area contributed by atoms with Crippen molar-refractivity contribution in [1.82, 2.24) is 19.8 Å². The van der Waals surface area contributed by atoms with Crippen molar-refractivity contribution in [2.75, 3.05) is 26.2 Å². The third-order valence-electron chi connectivity index (χ3n) is 3.46. The van der Waals surface area contributed by atoms with Crippen LogP contribution in [0.15, 0.2) is 42.9 Å². The van der Waals surface area contributed by atoms with Crippen LogP contribution < -0.4 is 5.32 Å². The predicted octanol–water partition coefficient (Wildman–Crippen LogP) is 0.977. The second-order valence-electron chi connectivity index (χ2n) is 4.96. The summed E-state index contributed by atoms with van der Waals surface area (Å²) >= 11 is 0. The van der Waals surface area contributed by atoms with E-state index in [1.165, 1.54) is 5.56 Å². The van der Waals surface area contributed by atoms with Gasteiger partial charge in [-0.15, -0.1) is 0 Å². The quantitative estimate of drug-likeness (QED) is 0.904. The van der Waals surface area contributed by atoms with E-state index in [9.17, 15) is 4.79 Å². The highest BCUT2D eigenvalue weighted by Gasteiger charge is 2.19. The van der Waals surface area contributed by atoms with Gasteiger partial charge in [-0.2, -0.15) is 0 Å². The number of carbonyl (C=O) groups is 1. The molecule has 1 aliphatic heterocycles. The Kier molecular flexibility index (Phi) is 3.78. The van der Waals surface area contributed by atoms with E-state index in [1.807, 2.05) is 33.9 Å². The molecule has 0 bridgehead atoms. The highest BCUT2D eigenvalue weighted by molar-refractivity contribution is 5.92. The number of hydrogen-bond donors (Lipinski definition) is 1. The molecular formula is C15H18N4O. The monoisotopic (exact) mass is 270 g/mol. The van der Waals surface area contributed by atoms with Gasteiger partial charge in [-0.3, -0.25) is 4.79 Å². The Morgan fingerprint density at radius 3 is 2.70 bits per heavy atom. The molecule has 20 heavy (non-hydrogen) atoms. The Bertz CT molecular complexity index is 573. The van der Waals surface area contributed by atoms with Gasteiger partial charge in [-0.25, -0.2) is 4.98 Å². The summed E-state index contributed by atoms with van der Waals surface area (Å²) in [4.78, 5) is 18.4. The first kappa shape index (κ1) is 12.9. The third-order valence-corrected chi connectivity index (χ3v) is 3.46. The first-order valence-corrected chi connectivity index (χ1v) is 6.88. The Balaban J connectivity index is 1.68. The zero-order chi connectivity index (χ0) is 13.8. The van der Waals surface area contributed by atoms with Gasteiger partial charge in [0, 0.05) is 38.9 Å². The Hall–Kier alpha value is -2.14. The van der Waals surface area contributed by atoms with E-state index in [0.29, 0.717) is 5.69 Å². The molecule has 0 unspecified atom stereocenters. The van der Waals surface area contributed by atoms with Crippen molar-refractivity contribution in [2.45, 2.75) is 6.54 Å². The van der Waals surface area contributed by atoms with Crippen LogP contribution in [0.1, 0.15) is 16.1 Å². The second kappa shape index (κ2) is 5.88. The summed E-state index contributed by atoms with van der Waals surface area (Å²) in [6.45, 7) is 3.96. The van der Waals surface area contributed by atoms with Crippen LogP contribution in [-0.4, -0.2) is 46.5 Å². The molecule has 1 aromatic heterocycles. The van der Waals surface area contributed by atoms with E-state index in [2.05, 4.69) is 22.4 Å². The number of imidazole rings is 1. The molecule has 1 aromatic carbocycles. The van der Waals surface area contributed by atoms with Gasteiger partial charge >= 0.3 is 0 Å². The van der Waals surface area contributed by atoms with Crippen LogP contribution in [0.25, 0.3) is 0 Å². The second-order valence-corrected chi connectivity index (χ2v) is 4.96. The van der Waals surface area contributed by atoms with Gasteiger partial charge in [0.2, 0.25) is 0 Å². The SMILES string of the molecule is O=C(c1cn(Cc2ccccc2)cn1)N1CCNCC1. The van der Waals surface area contributed by atoms with Crippen LogP contribution in [0.3, 0.4) is 0 Å². The van der Waals surface area contributed by atoms with Crippen LogP contribution in [-0.2, 0) is 6.54 Å². The molecule has 1 fully saturated rings. The number of aromatic nitrogens is 2. The van der Waals surface area contributed by atoms with Gasteiger partial charge in [0.15, 0.2) is 0 Å². The molecule has 0 aliphatic carbocycles. The maximum Gasteiger partial charge on any atom is 0.274 e. The Morgan fingerprint density at radius 1 is 1.20 bits per heavy atom. The van der Waals surface area contributed by atoms with Crippen molar-refractivity contribution in [2.24, 2.45) is 0 Å². The smallest absolute Gasteiger partial charge is 0.274 e. The van der Waals surface area contributed by atoms with E-state index < -0.39 is 0 Å². The lowest BCUT2D eigenvalue weighted by Gasteiger charge is -2.26. The van der Waals surface area contributed by atoms with Gasteiger partial charge in [0.1, 0.15) is 5.69 Å². The van der Waals surface area contributed by atoms with Crippen molar-refractivity contribution in [1.29, 1.82) is 0 Å². The van der Waals surface area contributed by atoms with Crippen LogP contribution in [0.5, 0.6) is 0 Å². The van der Waals surface area contributed by atoms with E-state index in [-0.39, 0.29) is 5.91 Å². The molecule has 1 saturated heterocycles. The molecule has 3 rings (SSSR count). The van der Waals surface area contributed by atoms with Crippen molar-refractivity contribution < 1.29 is 4.79 Å². The summed E-state index contributed by atoms with van der Waals surface area (Å²) in [5.74, 6) is 0.0262. The minimum Gasteiger partial charge on any atom is -0.335 e. The number of nitrogens with zero attached hydrogens (tertiary/aromatic N) is 3. The van der Waals surface area contributed by atoms with Crippen molar-refractivity contribution >= 4 is 5.91 Å². The Morgan fingerprint density at radius 2 is 1.95 bits per heavy atom. The summed E-state index contributed by atoms with van der Waals surface area (Å²) < 4.78 is 1.95. The van der Waals surface area contributed by atoms with Crippen molar-refractivity contribution in [3.05, 3.63) is 54.1 Å². The highest BCUT2D eigenvalue weighted by Crippen LogP contribution is 2.07. The lowest BCUT2D eigenvalue weighted by Crippen LogP contribution is -2.46. The van der Waals surface area contributed by atoms with Crippen LogP contribution >= 0.6 is 0 Å². The van der Waals surface area contributed by atoms with Gasteiger partial charge < -0.3 is 14.8 Å². The fraction of sp³-hybridized carbons (Fsp3) is 0.333. The molecule has 1 amide bonds. The summed E-state index contributed by atoms with van der Waals surface area (Å²) in [5, 5.41) is 3.24. The molecule has 0 saturated carbocycles. The van der Waals surface area contributed by atoms with E-state index in [1.54, 1.807) is 6.33 Å². The van der Waals surface area contributed by atoms with Gasteiger partial charge in [0.25, 0.3) is 5.91 Å². The van der Waals surface area contributed by atoms with Crippen LogP contribution in [0, 0.1) is 0 Å². The number of amides is 1. The molecule has 2 heterocycles. The summed E-state index contributed by atoms with van der Waals surface area (Å²) in [6.07, 6.45) is 3.56. The topological polar surface area (TPSA) is 50.2 Å². The highest BCUT2D eigenvalue weighted by atomic mass is 16.2. The number of carbonyl (C=O) groups excluding carboxylic acids is 1. The van der Waals surface area contributed by atoms with E-state index in [4.69, 9.17) is 0 Å². The molecule has 5 heteroatoms. The van der Waals surface area contributed by atoms with Gasteiger partial charge in [-0.05, 0) is 5.56 Å². The molecular weight excluding hydrogens is 252 g/mol. The predicted molar refractivity (Wildman–Crippen MR) is 76.5 cm³/mol. The first-order chi connectivity index (χ1) is 9.83. The molecule has 0 radical (unpaired) electrons. The van der Waals surface area contributed by atoms with Crippen LogP contribution in [0.2, 0.25) is 0 Å². The molecule has 0 spiro atoms. The summed E-state index contributed by atoms with van der Waals surface area (Å²) in [7, 11) is 0. The normalized spacial score (nSPS) is 15.3. The molecule has 5 nitrogen and oxygen atoms in total. The number of nitrogens with one attached hydrogen (secondary N) is 1. The average molecular weight is 270 g/mol. The largest absolute Gasteiger partial charge is 0.335 e. The van der Waals surface area contributed by atoms with Gasteiger partial charge in [0.05, 0.1) is 6.33 Å². The maximum absolute atomic E-state index is 12.3. The summed E-state index contributed by atoms with van der Waals surface area (Å²) in [5.41, 5.74) is 1.73. The number of rotatable bonds is 3. The van der Waals surface area contributed by atoms with E-state index in [0.717, 1.165) is 32.7 Å². The van der Waals surface area contributed by atoms with Crippen molar-refractivity contribution in [3.8, 4) is 0 Å². The maximum atomic E-state index is 12.3. The lowest BCUT2D eigenvalue weighted by atomic mass is 10.2. The fourth-order valence-corrected chi connectivity index (χ4v) is 2.38. The van der Waals surface area contributed by atoms with E-state index >= 15 is 0 Å². The molecule has 104 valence electrons. The first-order valence-electron chi connectivity index (χ1n) is 6.88. The number of benzene rings is 1. The van der Waals surface area contributed by atoms with Gasteiger partial charge in [-0.1, -0.05) is 30.3 Å². The fourth-order valence-electron chi connectivity index (χ4n) is 2.38. The molecule has 1 N–H and O–H groups in total. The minimum absolute atomic E-state index is 0.0262. The average Bonchev–Trinajstić information content (AvgIpc) is 2.97. The third kappa shape index (κ3) is 2.88.